The smallest absolute Gasteiger partial charge is 0.209 e. The summed E-state index contributed by atoms with van der Waals surface area (Å²) in [7, 11) is 0. The minimum atomic E-state index is 0.0905. The Hall–Kier alpha value is -2.16. The summed E-state index contributed by atoms with van der Waals surface area (Å²) in [5, 5.41) is 9.83. The lowest BCUT2D eigenvalue weighted by atomic mass is 10.2. The van der Waals surface area contributed by atoms with E-state index in [1.165, 1.54) is 16.6 Å². The van der Waals surface area contributed by atoms with Crippen LogP contribution < -0.4 is 0 Å². The van der Waals surface area contributed by atoms with Gasteiger partial charge in [-0.05, 0) is 37.4 Å². The molecule has 8 heteroatoms. The summed E-state index contributed by atoms with van der Waals surface area (Å²) in [5.41, 5.74) is 3.81. The lowest BCUT2D eigenvalue weighted by Crippen LogP contribution is -2.07. The van der Waals surface area contributed by atoms with Gasteiger partial charge in [-0.3, -0.25) is 9.89 Å². The monoisotopic (exact) mass is 486 g/mol. The van der Waals surface area contributed by atoms with Gasteiger partial charge in [-0.2, -0.15) is 0 Å². The number of aromatic nitrogens is 4. The molecule has 0 spiro atoms. The molecule has 0 bridgehead atoms. The third-order valence-electron chi connectivity index (χ3n) is 4.69. The van der Waals surface area contributed by atoms with Crippen molar-refractivity contribution in [1.82, 2.24) is 19.7 Å². The van der Waals surface area contributed by atoms with Gasteiger partial charge in [-0.15, -0.1) is 16.4 Å². The van der Waals surface area contributed by atoms with E-state index in [1.54, 1.807) is 11.3 Å². The molecule has 0 amide bonds. The number of halogens is 1. The Morgan fingerprint density at radius 2 is 2.07 bits per heavy atom. The van der Waals surface area contributed by atoms with Crippen LogP contribution in [0.1, 0.15) is 26.6 Å². The Morgan fingerprint density at radius 3 is 2.83 bits per heavy atom. The van der Waals surface area contributed by atoms with E-state index in [0.717, 1.165) is 33.5 Å². The molecule has 29 heavy (non-hydrogen) atoms. The van der Waals surface area contributed by atoms with Crippen LogP contribution in [0.2, 0.25) is 0 Å². The number of hydrogen-bond donors (Lipinski definition) is 1. The maximum atomic E-state index is 12.8. The Kier molecular flexibility index (Phi) is 6.03. The number of nitrogens with one attached hydrogen (secondary N) is 1. The topological polar surface area (TPSA) is 63.6 Å². The maximum absolute atomic E-state index is 12.8. The predicted octanol–water partition coefficient (Wildman–Crippen LogP) is 5.74. The number of carbonyl (C=O) groups is 1. The van der Waals surface area contributed by atoms with E-state index < -0.39 is 0 Å². The average molecular weight is 487 g/mol. The molecular formula is C21H19BrN4OS2. The third-order valence-corrected chi connectivity index (χ3v) is 7.09. The Bertz CT molecular complexity index is 1150. The predicted molar refractivity (Wildman–Crippen MR) is 122 cm³/mol. The molecule has 1 aromatic carbocycles. The van der Waals surface area contributed by atoms with E-state index in [9.17, 15) is 4.79 Å². The van der Waals surface area contributed by atoms with E-state index in [0.29, 0.717) is 16.7 Å². The van der Waals surface area contributed by atoms with E-state index in [4.69, 9.17) is 0 Å². The number of H-pyrrole nitrogens is 1. The van der Waals surface area contributed by atoms with Crippen LogP contribution in [0.3, 0.4) is 0 Å². The normalized spacial score (nSPS) is 11.1. The lowest BCUT2D eigenvalue weighted by molar-refractivity contribution is 0.102. The molecule has 5 nitrogen and oxygen atoms in total. The molecule has 4 aromatic rings. The highest BCUT2D eigenvalue weighted by Gasteiger charge is 2.17. The highest BCUT2D eigenvalue weighted by atomic mass is 79.9. The minimum Gasteiger partial charge on any atom is -0.343 e. The number of hydrogen-bond acceptors (Lipinski definition) is 5. The van der Waals surface area contributed by atoms with Crippen molar-refractivity contribution in [3.8, 4) is 11.4 Å². The first-order valence-electron chi connectivity index (χ1n) is 9.05. The molecule has 0 aliphatic carbocycles. The molecule has 0 fully saturated rings. The summed E-state index contributed by atoms with van der Waals surface area (Å²) in [6, 6.07) is 14.0. The zero-order valence-corrected chi connectivity index (χ0v) is 19.2. The summed E-state index contributed by atoms with van der Waals surface area (Å²) in [6.45, 7) is 4.85. The van der Waals surface area contributed by atoms with Gasteiger partial charge < -0.3 is 4.57 Å². The maximum Gasteiger partial charge on any atom is 0.209 e. The second-order valence-corrected chi connectivity index (χ2v) is 9.44. The van der Waals surface area contributed by atoms with Crippen molar-refractivity contribution in [3.05, 3.63) is 74.1 Å². The number of thiophene rings is 1. The first kappa shape index (κ1) is 20.1. The molecule has 0 saturated carbocycles. The van der Waals surface area contributed by atoms with Gasteiger partial charge in [-0.25, -0.2) is 4.98 Å². The molecule has 3 heterocycles. The van der Waals surface area contributed by atoms with Crippen molar-refractivity contribution in [2.45, 2.75) is 25.5 Å². The average Bonchev–Trinajstić information content (AvgIpc) is 3.44. The first-order chi connectivity index (χ1) is 14.0. The summed E-state index contributed by atoms with van der Waals surface area (Å²) in [5.74, 6) is 1.07. The van der Waals surface area contributed by atoms with Gasteiger partial charge in [-0.1, -0.05) is 52.0 Å². The second kappa shape index (κ2) is 8.69. The number of rotatable bonds is 7. The van der Waals surface area contributed by atoms with E-state index in [1.807, 2.05) is 44.2 Å². The first-order valence-corrected chi connectivity index (χ1v) is 11.7. The largest absolute Gasteiger partial charge is 0.343 e. The van der Waals surface area contributed by atoms with Crippen LogP contribution >= 0.6 is 39.0 Å². The molecular weight excluding hydrogens is 468 g/mol. The van der Waals surface area contributed by atoms with Crippen molar-refractivity contribution in [2.75, 3.05) is 5.75 Å². The number of aromatic amines is 1. The second-order valence-electron chi connectivity index (χ2n) is 6.61. The summed E-state index contributed by atoms with van der Waals surface area (Å²) < 4.78 is 3.14. The number of benzene rings is 1. The van der Waals surface area contributed by atoms with Crippen LogP contribution in [0.25, 0.3) is 11.4 Å². The van der Waals surface area contributed by atoms with Gasteiger partial charge in [0.05, 0.1) is 12.3 Å². The third kappa shape index (κ3) is 4.39. The highest BCUT2D eigenvalue weighted by molar-refractivity contribution is 9.10. The fourth-order valence-electron chi connectivity index (χ4n) is 3.18. The van der Waals surface area contributed by atoms with Crippen LogP contribution in [0.4, 0.5) is 0 Å². The molecule has 0 unspecified atom stereocenters. The Labute approximate surface area is 185 Å². The van der Waals surface area contributed by atoms with Crippen molar-refractivity contribution in [3.63, 3.8) is 0 Å². The Morgan fingerprint density at radius 1 is 1.24 bits per heavy atom. The summed E-state index contributed by atoms with van der Waals surface area (Å²) in [6.07, 6.45) is 0. The summed E-state index contributed by atoms with van der Waals surface area (Å²) >= 11 is 6.60. The van der Waals surface area contributed by atoms with Crippen molar-refractivity contribution >= 4 is 44.8 Å². The van der Waals surface area contributed by atoms with Gasteiger partial charge >= 0.3 is 0 Å². The van der Waals surface area contributed by atoms with Crippen molar-refractivity contribution < 1.29 is 4.79 Å². The van der Waals surface area contributed by atoms with E-state index in [-0.39, 0.29) is 5.78 Å². The molecule has 1 N–H and O–H groups in total. The number of ketones is 1. The number of Topliss-reactive ketones (excluding diaryl/α,β-unsaturated/α-hetero) is 1. The molecule has 0 aliphatic heterocycles. The fraction of sp³-hybridized carbons (Fsp3) is 0.190. The zero-order valence-electron chi connectivity index (χ0n) is 16.0. The Balaban J connectivity index is 1.45. The molecule has 4 rings (SSSR count). The van der Waals surface area contributed by atoms with Gasteiger partial charge in [0.2, 0.25) is 5.16 Å². The lowest BCUT2D eigenvalue weighted by Gasteiger charge is -2.08. The van der Waals surface area contributed by atoms with Gasteiger partial charge in [0.1, 0.15) is 0 Å². The standard InChI is InChI=1S/C21H19BrN4OS2/c1-13-10-17(14(2)26(13)11-15-6-5-9-28-15)19(27)12-29-21-23-20(24-25-21)16-7-3-4-8-18(16)22/h3-10H,11-12H2,1-2H3,(H,23,24,25). The van der Waals surface area contributed by atoms with Crippen LogP contribution in [0.15, 0.2) is 57.5 Å². The van der Waals surface area contributed by atoms with Gasteiger partial charge in [0.25, 0.3) is 0 Å². The van der Waals surface area contributed by atoms with Crippen molar-refractivity contribution in [2.24, 2.45) is 0 Å². The molecule has 3 aromatic heterocycles. The van der Waals surface area contributed by atoms with E-state index in [2.05, 4.69) is 53.2 Å². The number of aryl methyl sites for hydroxylation is 1. The van der Waals surface area contributed by atoms with Crippen LogP contribution in [0, 0.1) is 13.8 Å². The van der Waals surface area contributed by atoms with Crippen LogP contribution in [-0.2, 0) is 6.54 Å². The number of carbonyl (C=O) groups excluding carboxylic acids is 1. The highest BCUT2D eigenvalue weighted by Crippen LogP contribution is 2.27. The van der Waals surface area contributed by atoms with Crippen LogP contribution in [-0.4, -0.2) is 31.3 Å². The minimum absolute atomic E-state index is 0.0905. The molecule has 0 saturated heterocycles. The van der Waals surface area contributed by atoms with Gasteiger partial charge in [0, 0.05) is 31.9 Å². The molecule has 0 atom stereocenters. The van der Waals surface area contributed by atoms with Gasteiger partial charge in [0.15, 0.2) is 11.6 Å². The molecule has 148 valence electrons. The van der Waals surface area contributed by atoms with Crippen molar-refractivity contribution in [1.29, 1.82) is 0 Å². The van der Waals surface area contributed by atoms with E-state index >= 15 is 0 Å². The van der Waals surface area contributed by atoms with Crippen LogP contribution in [0.5, 0.6) is 0 Å². The SMILES string of the molecule is Cc1cc(C(=O)CSc2n[nH]c(-c3ccccc3Br)n2)c(C)n1Cc1cccs1. The number of nitrogens with zero attached hydrogens (tertiary/aromatic N) is 3. The zero-order chi connectivity index (χ0) is 20.4. The molecule has 0 radical (unpaired) electrons. The summed E-state index contributed by atoms with van der Waals surface area (Å²) in [4.78, 5) is 18.6. The fourth-order valence-corrected chi connectivity index (χ4v) is 5.02. The number of thioether (sulfide) groups is 1. The quantitative estimate of drug-likeness (QED) is 0.267. The molecule has 0 aliphatic rings.